The van der Waals surface area contributed by atoms with Gasteiger partial charge in [0, 0.05) is 19.3 Å². The number of aromatic nitrogens is 3. The van der Waals surface area contributed by atoms with Crippen molar-refractivity contribution in [3.05, 3.63) is 47.9 Å². The van der Waals surface area contributed by atoms with E-state index in [1.165, 1.54) is 11.9 Å². The van der Waals surface area contributed by atoms with Crippen LogP contribution in [0.3, 0.4) is 0 Å². The van der Waals surface area contributed by atoms with Gasteiger partial charge < -0.3 is 19.4 Å². The third kappa shape index (κ3) is 3.72. The molecule has 0 bridgehead atoms. The lowest BCUT2D eigenvalue weighted by molar-refractivity contribution is 0.0224. The maximum Gasteiger partial charge on any atom is 0.410 e. The Morgan fingerprint density at radius 2 is 2.04 bits per heavy atom. The first kappa shape index (κ1) is 17.3. The first-order valence-corrected chi connectivity index (χ1v) is 8.95. The van der Waals surface area contributed by atoms with E-state index in [2.05, 4.69) is 15.0 Å². The highest BCUT2D eigenvalue weighted by Gasteiger charge is 2.26. The fourth-order valence-corrected chi connectivity index (χ4v) is 3.12. The molecule has 0 saturated heterocycles. The molecule has 27 heavy (non-hydrogen) atoms. The van der Waals surface area contributed by atoms with Crippen molar-refractivity contribution in [1.29, 1.82) is 0 Å². The van der Waals surface area contributed by atoms with Gasteiger partial charge in [0.25, 0.3) is 0 Å². The van der Waals surface area contributed by atoms with E-state index in [0.29, 0.717) is 24.7 Å². The lowest BCUT2D eigenvalue weighted by atomic mass is 10.00. The predicted molar refractivity (Wildman–Crippen MR) is 101 cm³/mol. The van der Waals surface area contributed by atoms with E-state index in [9.17, 15) is 4.79 Å². The first-order chi connectivity index (χ1) is 12.9. The average Bonchev–Trinajstić information content (AvgIpc) is 3.09. The van der Waals surface area contributed by atoms with Gasteiger partial charge in [0.05, 0.1) is 5.39 Å². The third-order valence-electron chi connectivity index (χ3n) is 4.37. The molecule has 140 valence electrons. The van der Waals surface area contributed by atoms with E-state index in [0.717, 1.165) is 23.0 Å². The molecule has 0 saturated carbocycles. The first-order valence-electron chi connectivity index (χ1n) is 8.95. The highest BCUT2D eigenvalue weighted by atomic mass is 16.6. The number of hydrogen-bond donors (Lipinski definition) is 1. The molecule has 0 fully saturated rings. The van der Waals surface area contributed by atoms with E-state index in [1.54, 1.807) is 11.1 Å². The van der Waals surface area contributed by atoms with Gasteiger partial charge in [-0.3, -0.25) is 0 Å². The Labute approximate surface area is 157 Å². The smallest absolute Gasteiger partial charge is 0.410 e. The lowest BCUT2D eigenvalue weighted by Gasteiger charge is -2.31. The maximum atomic E-state index is 12.4. The molecule has 1 N–H and O–H groups in total. The fraction of sp³-hybridized carbons (Fsp3) is 0.350. The summed E-state index contributed by atoms with van der Waals surface area (Å²) >= 11 is 0. The predicted octanol–water partition coefficient (Wildman–Crippen LogP) is 4.04. The van der Waals surface area contributed by atoms with Gasteiger partial charge in [-0.15, -0.1) is 0 Å². The summed E-state index contributed by atoms with van der Waals surface area (Å²) in [6, 6.07) is 7.83. The van der Waals surface area contributed by atoms with Crippen molar-refractivity contribution in [3.8, 4) is 11.6 Å². The summed E-state index contributed by atoms with van der Waals surface area (Å²) in [4.78, 5) is 25.5. The summed E-state index contributed by atoms with van der Waals surface area (Å²) in [5.74, 6) is 1.18. The zero-order chi connectivity index (χ0) is 19.0. The van der Waals surface area contributed by atoms with E-state index in [-0.39, 0.29) is 6.09 Å². The van der Waals surface area contributed by atoms with Crippen LogP contribution in [0.25, 0.3) is 11.0 Å². The number of carbonyl (C=O) groups is 1. The molecule has 0 unspecified atom stereocenters. The molecule has 0 aliphatic carbocycles. The minimum atomic E-state index is -0.503. The molecule has 1 aliphatic heterocycles. The normalized spacial score (nSPS) is 14.1. The van der Waals surface area contributed by atoms with Gasteiger partial charge >= 0.3 is 6.09 Å². The number of amides is 1. The van der Waals surface area contributed by atoms with E-state index in [1.807, 2.05) is 45.0 Å². The molecule has 7 heteroatoms. The number of nitrogens with one attached hydrogen (secondary N) is 1. The average molecular weight is 366 g/mol. The van der Waals surface area contributed by atoms with Crippen LogP contribution in [0.5, 0.6) is 11.6 Å². The van der Waals surface area contributed by atoms with Crippen LogP contribution in [0.2, 0.25) is 0 Å². The fourth-order valence-electron chi connectivity index (χ4n) is 3.12. The number of ether oxygens (including phenoxy) is 2. The largest absolute Gasteiger partial charge is 0.444 e. The SMILES string of the molecule is CC(C)(C)OC(=O)N1CCc2ccc(Oc3ncnc4[nH]ccc34)cc2C1. The maximum absolute atomic E-state index is 12.4. The molecule has 7 nitrogen and oxygen atoms in total. The molecule has 2 aromatic heterocycles. The summed E-state index contributed by atoms with van der Waals surface area (Å²) < 4.78 is 11.5. The summed E-state index contributed by atoms with van der Waals surface area (Å²) in [7, 11) is 0. The molecule has 3 heterocycles. The third-order valence-corrected chi connectivity index (χ3v) is 4.37. The second-order valence-corrected chi connectivity index (χ2v) is 7.60. The number of rotatable bonds is 2. The Hall–Kier alpha value is -3.09. The Morgan fingerprint density at radius 3 is 2.85 bits per heavy atom. The second-order valence-electron chi connectivity index (χ2n) is 7.60. The van der Waals surface area contributed by atoms with Crippen molar-refractivity contribution in [2.75, 3.05) is 6.54 Å². The molecular formula is C20H22N4O3. The van der Waals surface area contributed by atoms with Crippen LogP contribution in [0.4, 0.5) is 4.79 Å². The van der Waals surface area contributed by atoms with Crippen LogP contribution in [0.1, 0.15) is 31.9 Å². The zero-order valence-electron chi connectivity index (χ0n) is 15.7. The molecule has 1 aliphatic rings. The summed E-state index contributed by atoms with van der Waals surface area (Å²) in [5.41, 5.74) is 2.51. The molecule has 3 aromatic rings. The van der Waals surface area contributed by atoms with Crippen molar-refractivity contribution in [1.82, 2.24) is 19.9 Å². The quantitative estimate of drug-likeness (QED) is 0.740. The Balaban J connectivity index is 1.54. The Bertz CT molecular complexity index is 990. The standard InChI is InChI=1S/C20H22N4O3/c1-20(2,3)27-19(25)24-9-7-13-4-5-15(10-14(13)11-24)26-18-16-6-8-21-17(16)22-12-23-18/h4-6,8,10,12H,7,9,11H2,1-3H3,(H,21,22,23). The minimum absolute atomic E-state index is 0.288. The van der Waals surface area contributed by atoms with Gasteiger partial charge in [-0.05, 0) is 56.5 Å². The van der Waals surface area contributed by atoms with E-state index in [4.69, 9.17) is 9.47 Å². The summed E-state index contributed by atoms with van der Waals surface area (Å²) in [6.07, 6.45) is 3.78. The van der Waals surface area contributed by atoms with Gasteiger partial charge in [-0.2, -0.15) is 0 Å². The van der Waals surface area contributed by atoms with Crippen LogP contribution in [0.15, 0.2) is 36.8 Å². The highest BCUT2D eigenvalue weighted by molar-refractivity contribution is 5.80. The van der Waals surface area contributed by atoms with Crippen molar-refractivity contribution >= 4 is 17.1 Å². The van der Waals surface area contributed by atoms with Crippen molar-refractivity contribution in [2.24, 2.45) is 0 Å². The van der Waals surface area contributed by atoms with E-state index < -0.39 is 5.60 Å². The number of H-pyrrole nitrogens is 1. The molecule has 1 aromatic carbocycles. The number of aromatic amines is 1. The molecule has 4 rings (SSSR count). The molecule has 1 amide bonds. The van der Waals surface area contributed by atoms with Gasteiger partial charge in [0.15, 0.2) is 0 Å². The van der Waals surface area contributed by atoms with E-state index >= 15 is 0 Å². The second kappa shape index (κ2) is 6.57. The van der Waals surface area contributed by atoms with Crippen LogP contribution in [0, 0.1) is 0 Å². The van der Waals surface area contributed by atoms with Crippen molar-refractivity contribution in [3.63, 3.8) is 0 Å². The number of carbonyl (C=O) groups excluding carboxylic acids is 1. The van der Waals surface area contributed by atoms with Gasteiger partial charge in [0.2, 0.25) is 5.88 Å². The minimum Gasteiger partial charge on any atom is -0.444 e. The van der Waals surface area contributed by atoms with Crippen LogP contribution in [-0.4, -0.2) is 38.1 Å². The Morgan fingerprint density at radius 1 is 1.19 bits per heavy atom. The zero-order valence-corrected chi connectivity index (χ0v) is 15.7. The number of nitrogens with zero attached hydrogens (tertiary/aromatic N) is 3. The van der Waals surface area contributed by atoms with Crippen molar-refractivity contribution in [2.45, 2.75) is 39.3 Å². The van der Waals surface area contributed by atoms with Crippen LogP contribution < -0.4 is 4.74 Å². The van der Waals surface area contributed by atoms with Gasteiger partial charge in [-0.1, -0.05) is 6.07 Å². The number of fused-ring (bicyclic) bond motifs is 2. The topological polar surface area (TPSA) is 80.3 Å². The monoisotopic (exact) mass is 366 g/mol. The van der Waals surface area contributed by atoms with Gasteiger partial charge in [-0.25, -0.2) is 14.8 Å². The summed E-state index contributed by atoms with van der Waals surface area (Å²) in [5, 5.41) is 0.825. The highest BCUT2D eigenvalue weighted by Crippen LogP contribution is 2.30. The van der Waals surface area contributed by atoms with Crippen LogP contribution in [-0.2, 0) is 17.7 Å². The lowest BCUT2D eigenvalue weighted by Crippen LogP contribution is -2.39. The number of benzene rings is 1. The van der Waals surface area contributed by atoms with Crippen LogP contribution >= 0.6 is 0 Å². The molecular weight excluding hydrogens is 344 g/mol. The molecule has 0 spiro atoms. The molecule has 0 atom stereocenters. The number of hydrogen-bond acceptors (Lipinski definition) is 5. The summed E-state index contributed by atoms with van der Waals surface area (Å²) in [6.45, 7) is 6.78. The molecule has 0 radical (unpaired) electrons. The van der Waals surface area contributed by atoms with Gasteiger partial charge in [0.1, 0.15) is 23.3 Å². The van der Waals surface area contributed by atoms with Crippen molar-refractivity contribution < 1.29 is 14.3 Å². The Kier molecular flexibility index (Phi) is 4.22.